The average molecular weight is 426 g/mol. The number of benzene rings is 2. The molecule has 4 rings (SSSR count). The van der Waals surface area contributed by atoms with E-state index in [2.05, 4.69) is 15.1 Å². The van der Waals surface area contributed by atoms with Crippen LogP contribution in [0.4, 0.5) is 0 Å². The van der Waals surface area contributed by atoms with E-state index in [1.54, 1.807) is 42.5 Å². The molecular weight excluding hydrogens is 408 g/mol. The van der Waals surface area contributed by atoms with Crippen molar-refractivity contribution in [1.82, 2.24) is 19.7 Å². The Morgan fingerprint density at radius 3 is 2.37 bits per heavy atom. The molecule has 2 aromatic heterocycles. The van der Waals surface area contributed by atoms with Crippen LogP contribution in [-0.4, -0.2) is 48.6 Å². The van der Waals surface area contributed by atoms with Crippen molar-refractivity contribution in [2.45, 2.75) is 5.03 Å². The maximum Gasteiger partial charge on any atom is 0.263 e. The molecule has 0 bridgehead atoms. The molecule has 30 heavy (non-hydrogen) atoms. The molecule has 0 unspecified atom stereocenters. The maximum atomic E-state index is 13.0. The van der Waals surface area contributed by atoms with Crippen molar-refractivity contribution in [3.05, 3.63) is 58.9 Å². The topological polar surface area (TPSA) is 116 Å². The van der Waals surface area contributed by atoms with E-state index in [4.69, 9.17) is 9.47 Å². The Morgan fingerprint density at radius 2 is 1.73 bits per heavy atom. The number of hydrogen-bond donors (Lipinski definition) is 1. The SMILES string of the molecule is COc1cccc(-c2nc3c(c(S(C)(=O)=O)nn3-c3ccccc3)c(=O)[nH]2)c1OC. The normalized spacial score (nSPS) is 11.6. The molecule has 0 atom stereocenters. The van der Waals surface area contributed by atoms with Gasteiger partial charge in [-0.1, -0.05) is 24.3 Å². The van der Waals surface area contributed by atoms with Gasteiger partial charge >= 0.3 is 0 Å². The van der Waals surface area contributed by atoms with Crippen LogP contribution < -0.4 is 15.0 Å². The number of nitrogens with zero attached hydrogens (tertiary/aromatic N) is 3. The monoisotopic (exact) mass is 426 g/mol. The molecule has 10 heteroatoms. The molecule has 0 aliphatic heterocycles. The van der Waals surface area contributed by atoms with Gasteiger partial charge in [0.1, 0.15) is 11.2 Å². The summed E-state index contributed by atoms with van der Waals surface area (Å²) >= 11 is 0. The van der Waals surface area contributed by atoms with Crippen LogP contribution in [0.2, 0.25) is 0 Å². The van der Waals surface area contributed by atoms with Gasteiger partial charge < -0.3 is 14.5 Å². The number of sulfone groups is 1. The third kappa shape index (κ3) is 3.20. The Labute approximate surface area is 171 Å². The Balaban J connectivity index is 2.10. The maximum absolute atomic E-state index is 13.0. The third-order valence-electron chi connectivity index (χ3n) is 4.52. The molecule has 0 amide bonds. The van der Waals surface area contributed by atoms with E-state index in [0.717, 1.165) is 6.26 Å². The Bertz CT molecular complexity index is 1410. The van der Waals surface area contributed by atoms with Crippen LogP contribution in [0.3, 0.4) is 0 Å². The van der Waals surface area contributed by atoms with E-state index >= 15 is 0 Å². The van der Waals surface area contributed by atoms with Crippen LogP contribution in [0.15, 0.2) is 58.4 Å². The molecule has 2 aromatic carbocycles. The number of aromatic nitrogens is 4. The summed E-state index contributed by atoms with van der Waals surface area (Å²) in [6.07, 6.45) is 1.00. The molecule has 0 spiro atoms. The number of fused-ring (bicyclic) bond motifs is 1. The van der Waals surface area contributed by atoms with Gasteiger partial charge in [-0.05, 0) is 24.3 Å². The number of methoxy groups -OCH3 is 2. The van der Waals surface area contributed by atoms with Crippen molar-refractivity contribution >= 4 is 20.9 Å². The lowest BCUT2D eigenvalue weighted by Gasteiger charge is -2.12. The van der Waals surface area contributed by atoms with Gasteiger partial charge in [-0.3, -0.25) is 4.79 Å². The Hall–Kier alpha value is -3.66. The van der Waals surface area contributed by atoms with Crippen LogP contribution in [0, 0.1) is 0 Å². The summed E-state index contributed by atoms with van der Waals surface area (Å²) in [6, 6.07) is 14.0. The molecule has 4 aromatic rings. The van der Waals surface area contributed by atoms with Crippen molar-refractivity contribution in [3.8, 4) is 28.6 Å². The fourth-order valence-electron chi connectivity index (χ4n) is 3.21. The van der Waals surface area contributed by atoms with Crippen molar-refractivity contribution in [3.63, 3.8) is 0 Å². The van der Waals surface area contributed by atoms with E-state index in [9.17, 15) is 13.2 Å². The molecule has 0 saturated heterocycles. The minimum Gasteiger partial charge on any atom is -0.493 e. The average Bonchev–Trinajstić information content (AvgIpc) is 3.14. The second kappa shape index (κ2) is 7.30. The largest absolute Gasteiger partial charge is 0.493 e. The second-order valence-electron chi connectivity index (χ2n) is 6.48. The minimum atomic E-state index is -3.78. The standard InChI is InChI=1S/C20H18N4O5S/c1-28-14-11-7-10-13(16(14)29-2)17-21-18-15(19(25)22-17)20(30(3,26)27)23-24(18)12-8-5-4-6-9-12/h4-11H,1-3H3,(H,21,22,25). The van der Waals surface area contributed by atoms with E-state index in [-0.39, 0.29) is 21.9 Å². The van der Waals surface area contributed by atoms with Crippen LogP contribution >= 0.6 is 0 Å². The zero-order valence-corrected chi connectivity index (χ0v) is 17.2. The highest BCUT2D eigenvalue weighted by molar-refractivity contribution is 7.90. The Morgan fingerprint density at radius 1 is 1.00 bits per heavy atom. The van der Waals surface area contributed by atoms with E-state index in [0.29, 0.717) is 22.7 Å². The molecular formula is C20H18N4O5S. The zero-order chi connectivity index (χ0) is 21.5. The lowest BCUT2D eigenvalue weighted by atomic mass is 10.1. The number of para-hydroxylation sites is 2. The first-order chi connectivity index (χ1) is 14.3. The lowest BCUT2D eigenvalue weighted by molar-refractivity contribution is 0.356. The second-order valence-corrected chi connectivity index (χ2v) is 8.41. The summed E-state index contributed by atoms with van der Waals surface area (Å²) in [7, 11) is -0.793. The first-order valence-corrected chi connectivity index (χ1v) is 10.7. The molecule has 0 aliphatic rings. The summed E-state index contributed by atoms with van der Waals surface area (Å²) < 4.78 is 36.7. The first kappa shape index (κ1) is 19.6. The van der Waals surface area contributed by atoms with Crippen molar-refractivity contribution in [2.24, 2.45) is 0 Å². The van der Waals surface area contributed by atoms with Gasteiger partial charge in [0.15, 0.2) is 32.0 Å². The van der Waals surface area contributed by atoms with E-state index in [1.807, 2.05) is 6.07 Å². The minimum absolute atomic E-state index is 0.105. The van der Waals surface area contributed by atoms with Gasteiger partial charge in [0.05, 0.1) is 25.5 Å². The summed E-state index contributed by atoms with van der Waals surface area (Å²) in [6.45, 7) is 0. The van der Waals surface area contributed by atoms with E-state index < -0.39 is 15.4 Å². The van der Waals surface area contributed by atoms with Crippen molar-refractivity contribution in [2.75, 3.05) is 20.5 Å². The number of ether oxygens (including phenoxy) is 2. The zero-order valence-electron chi connectivity index (χ0n) is 16.4. The molecule has 9 nitrogen and oxygen atoms in total. The van der Waals surface area contributed by atoms with Gasteiger partial charge in [0, 0.05) is 6.26 Å². The van der Waals surface area contributed by atoms with Crippen LogP contribution in [0.5, 0.6) is 11.5 Å². The van der Waals surface area contributed by atoms with Crippen LogP contribution in [0.1, 0.15) is 0 Å². The predicted octanol–water partition coefficient (Wildman–Crippen LogP) is 2.20. The Kier molecular flexibility index (Phi) is 4.78. The highest BCUT2D eigenvalue weighted by atomic mass is 32.2. The molecule has 0 saturated carbocycles. The highest BCUT2D eigenvalue weighted by Gasteiger charge is 2.25. The number of nitrogens with one attached hydrogen (secondary N) is 1. The molecule has 0 fully saturated rings. The van der Waals surface area contributed by atoms with Gasteiger partial charge in [-0.15, -0.1) is 0 Å². The predicted molar refractivity (Wildman–Crippen MR) is 111 cm³/mol. The number of H-pyrrole nitrogens is 1. The lowest BCUT2D eigenvalue weighted by Crippen LogP contribution is -2.12. The summed E-state index contributed by atoms with van der Waals surface area (Å²) in [4.78, 5) is 20.1. The van der Waals surface area contributed by atoms with Crippen LogP contribution in [-0.2, 0) is 9.84 Å². The summed E-state index contributed by atoms with van der Waals surface area (Å²) in [5.41, 5.74) is 0.546. The van der Waals surface area contributed by atoms with Crippen molar-refractivity contribution in [1.29, 1.82) is 0 Å². The summed E-state index contributed by atoms with van der Waals surface area (Å²) in [5.74, 6) is 1.04. The van der Waals surface area contributed by atoms with E-state index in [1.165, 1.54) is 18.9 Å². The fraction of sp³-hybridized carbons (Fsp3) is 0.150. The summed E-state index contributed by atoms with van der Waals surface area (Å²) in [5, 5.41) is 3.75. The molecule has 0 radical (unpaired) electrons. The van der Waals surface area contributed by atoms with Crippen LogP contribution in [0.25, 0.3) is 28.1 Å². The quantitative estimate of drug-likeness (QED) is 0.520. The van der Waals surface area contributed by atoms with Gasteiger partial charge in [0.25, 0.3) is 5.56 Å². The fourth-order valence-corrected chi connectivity index (χ4v) is 3.99. The smallest absolute Gasteiger partial charge is 0.263 e. The van der Waals surface area contributed by atoms with Gasteiger partial charge in [-0.2, -0.15) is 5.10 Å². The molecule has 154 valence electrons. The number of aromatic amines is 1. The van der Waals surface area contributed by atoms with Crippen molar-refractivity contribution < 1.29 is 17.9 Å². The molecule has 2 heterocycles. The first-order valence-electron chi connectivity index (χ1n) is 8.85. The third-order valence-corrected chi connectivity index (χ3v) is 5.50. The van der Waals surface area contributed by atoms with Gasteiger partial charge in [-0.25, -0.2) is 18.1 Å². The highest BCUT2D eigenvalue weighted by Crippen LogP contribution is 2.36. The molecule has 0 aliphatic carbocycles. The number of hydrogen-bond acceptors (Lipinski definition) is 7. The van der Waals surface area contributed by atoms with Gasteiger partial charge in [0.2, 0.25) is 0 Å². The molecule has 1 N–H and O–H groups in total. The number of rotatable bonds is 5.